The minimum Gasteiger partial charge on any atom is -0.364 e. The van der Waals surface area contributed by atoms with Crippen LogP contribution in [0.4, 0.5) is 0 Å². The second-order valence-electron chi connectivity index (χ2n) is 10.6. The lowest BCUT2D eigenvalue weighted by Crippen LogP contribution is -2.31. The second-order valence-corrected chi connectivity index (χ2v) is 12.7. The number of thiazole rings is 2. The first-order valence-corrected chi connectivity index (χ1v) is 15.0. The summed E-state index contributed by atoms with van der Waals surface area (Å²) < 4.78 is 0. The van der Waals surface area contributed by atoms with Crippen LogP contribution < -0.4 is 22.1 Å². The zero-order valence-corrected chi connectivity index (χ0v) is 24.6. The standard InChI is InChI=1S/C30H32N6O2S2/c1-13-5-7-17(15(3)21(13)23-25-19(9-11-33-23)35-29(39-25)27(31)37)18-8-6-14(2)22(16(18)4)24-26-20(10-12-34-24)36-30(40-26)28(32)38/h5-8,23-24,33-34H,9-12H2,1-4H3,(H2,31,37)(H2,32,38). The number of carbonyl (C=O) groups excluding carboxylic acids is 2. The van der Waals surface area contributed by atoms with Gasteiger partial charge >= 0.3 is 0 Å². The Morgan fingerprint density at radius 3 is 1.50 bits per heavy atom. The number of hydrogen-bond acceptors (Lipinski definition) is 8. The predicted octanol–water partition coefficient (Wildman–Crippen LogP) is 4.17. The smallest absolute Gasteiger partial charge is 0.277 e. The van der Waals surface area contributed by atoms with E-state index in [1.165, 1.54) is 67.2 Å². The minimum atomic E-state index is -0.480. The van der Waals surface area contributed by atoms with E-state index in [1.807, 2.05) is 0 Å². The summed E-state index contributed by atoms with van der Waals surface area (Å²) in [5, 5.41) is 8.09. The fraction of sp³-hybridized carbons (Fsp3) is 0.333. The summed E-state index contributed by atoms with van der Waals surface area (Å²) in [6, 6.07) is 8.68. The number of benzene rings is 2. The Kier molecular flexibility index (Phi) is 6.82. The number of carbonyl (C=O) groups is 2. The van der Waals surface area contributed by atoms with Crippen LogP contribution in [0.3, 0.4) is 0 Å². The van der Waals surface area contributed by atoms with Crippen LogP contribution >= 0.6 is 22.7 Å². The van der Waals surface area contributed by atoms with Gasteiger partial charge in [-0.05, 0) is 72.2 Å². The number of fused-ring (bicyclic) bond motifs is 2. The zero-order chi connectivity index (χ0) is 28.3. The molecule has 0 spiro atoms. The summed E-state index contributed by atoms with van der Waals surface area (Å²) in [4.78, 5) is 35.0. The third kappa shape index (κ3) is 4.35. The van der Waals surface area contributed by atoms with Gasteiger partial charge in [0.1, 0.15) is 0 Å². The maximum Gasteiger partial charge on any atom is 0.277 e. The molecule has 0 radical (unpaired) electrons. The van der Waals surface area contributed by atoms with Crippen molar-refractivity contribution in [3.63, 3.8) is 0 Å². The third-order valence-corrected chi connectivity index (χ3v) is 10.5. The van der Waals surface area contributed by atoms with E-state index < -0.39 is 11.8 Å². The van der Waals surface area contributed by atoms with Gasteiger partial charge in [0, 0.05) is 35.7 Å². The molecule has 4 aromatic rings. The van der Waals surface area contributed by atoms with E-state index in [1.54, 1.807) is 0 Å². The molecule has 2 amide bonds. The molecule has 8 nitrogen and oxygen atoms in total. The second kappa shape index (κ2) is 10.2. The molecule has 2 aliphatic heterocycles. The van der Waals surface area contributed by atoms with E-state index in [-0.39, 0.29) is 12.1 Å². The molecule has 2 atom stereocenters. The normalized spacial score (nSPS) is 18.3. The Hall–Kier alpha value is -3.44. The number of primary amides is 2. The van der Waals surface area contributed by atoms with Crippen LogP contribution in [0.2, 0.25) is 0 Å². The maximum absolute atomic E-state index is 11.9. The van der Waals surface area contributed by atoms with Crippen molar-refractivity contribution in [3.8, 4) is 11.1 Å². The molecule has 0 fully saturated rings. The summed E-state index contributed by atoms with van der Waals surface area (Å²) in [6.07, 6.45) is 1.55. The Balaban J connectivity index is 1.47. The van der Waals surface area contributed by atoms with Crippen molar-refractivity contribution in [2.24, 2.45) is 11.5 Å². The van der Waals surface area contributed by atoms with Crippen LogP contribution in [-0.4, -0.2) is 34.9 Å². The van der Waals surface area contributed by atoms with Gasteiger partial charge in [-0.3, -0.25) is 9.59 Å². The molecule has 6 N–H and O–H groups in total. The monoisotopic (exact) mass is 572 g/mol. The molecule has 40 heavy (non-hydrogen) atoms. The summed E-state index contributed by atoms with van der Waals surface area (Å²) in [6.45, 7) is 10.2. The summed E-state index contributed by atoms with van der Waals surface area (Å²) in [5.41, 5.74) is 22.6. The van der Waals surface area contributed by atoms with Gasteiger partial charge in [-0.25, -0.2) is 9.97 Å². The minimum absolute atomic E-state index is 0.0495. The Labute approximate surface area is 241 Å². The van der Waals surface area contributed by atoms with Crippen LogP contribution in [0.5, 0.6) is 0 Å². The van der Waals surface area contributed by atoms with Gasteiger partial charge in [-0.2, -0.15) is 0 Å². The van der Waals surface area contributed by atoms with Gasteiger partial charge < -0.3 is 22.1 Å². The van der Waals surface area contributed by atoms with Crippen LogP contribution in [0.25, 0.3) is 11.1 Å². The van der Waals surface area contributed by atoms with Gasteiger partial charge in [0.25, 0.3) is 11.8 Å². The number of rotatable bonds is 5. The highest BCUT2D eigenvalue weighted by atomic mass is 32.1. The van der Waals surface area contributed by atoms with Crippen LogP contribution in [-0.2, 0) is 12.8 Å². The molecule has 2 aromatic carbocycles. The maximum atomic E-state index is 11.9. The number of aromatic nitrogens is 2. The molecule has 10 heteroatoms. The van der Waals surface area contributed by atoms with Crippen LogP contribution in [0, 0.1) is 27.7 Å². The van der Waals surface area contributed by atoms with Crippen molar-refractivity contribution in [1.82, 2.24) is 20.6 Å². The number of aryl methyl sites for hydroxylation is 2. The average Bonchev–Trinajstić information content (AvgIpc) is 3.55. The van der Waals surface area contributed by atoms with E-state index in [0.29, 0.717) is 10.0 Å². The van der Waals surface area contributed by atoms with Gasteiger partial charge in [-0.1, -0.05) is 24.3 Å². The van der Waals surface area contributed by atoms with E-state index in [0.717, 1.165) is 47.1 Å². The third-order valence-electron chi connectivity index (χ3n) is 8.15. The van der Waals surface area contributed by atoms with Crippen molar-refractivity contribution >= 4 is 34.5 Å². The number of hydrogen-bond donors (Lipinski definition) is 4. The molecule has 2 aliphatic rings. The molecule has 0 aliphatic carbocycles. The number of nitrogens with one attached hydrogen (secondary N) is 2. The average molecular weight is 573 g/mol. The van der Waals surface area contributed by atoms with Crippen molar-refractivity contribution in [2.75, 3.05) is 13.1 Å². The molecule has 0 bridgehead atoms. The number of nitrogens with zero attached hydrogens (tertiary/aromatic N) is 2. The fourth-order valence-electron chi connectivity index (χ4n) is 6.27. The zero-order valence-electron chi connectivity index (χ0n) is 23.0. The topological polar surface area (TPSA) is 136 Å². The van der Waals surface area contributed by atoms with Crippen molar-refractivity contribution < 1.29 is 9.59 Å². The molecule has 0 saturated heterocycles. The lowest BCUT2D eigenvalue weighted by Gasteiger charge is -2.29. The van der Waals surface area contributed by atoms with E-state index in [2.05, 4.69) is 72.6 Å². The number of amides is 2. The molecule has 206 valence electrons. The summed E-state index contributed by atoms with van der Waals surface area (Å²) in [5.74, 6) is -0.960. The molecule has 2 unspecified atom stereocenters. The van der Waals surface area contributed by atoms with Crippen molar-refractivity contribution in [3.05, 3.63) is 88.8 Å². The number of nitrogens with two attached hydrogens (primary N) is 2. The first-order chi connectivity index (χ1) is 19.2. The summed E-state index contributed by atoms with van der Waals surface area (Å²) >= 11 is 2.79. The summed E-state index contributed by atoms with van der Waals surface area (Å²) in [7, 11) is 0. The van der Waals surface area contributed by atoms with Crippen molar-refractivity contribution in [2.45, 2.75) is 52.6 Å². The van der Waals surface area contributed by atoms with Gasteiger partial charge in [0.2, 0.25) is 0 Å². The Morgan fingerprint density at radius 2 is 1.12 bits per heavy atom. The predicted molar refractivity (Wildman–Crippen MR) is 159 cm³/mol. The Morgan fingerprint density at radius 1 is 0.725 bits per heavy atom. The first-order valence-electron chi connectivity index (χ1n) is 13.4. The van der Waals surface area contributed by atoms with E-state index in [4.69, 9.17) is 11.5 Å². The van der Waals surface area contributed by atoms with Gasteiger partial charge in [0.15, 0.2) is 10.0 Å². The molecule has 0 saturated carbocycles. The van der Waals surface area contributed by atoms with Crippen molar-refractivity contribution in [1.29, 1.82) is 0 Å². The van der Waals surface area contributed by atoms with Gasteiger partial charge in [0.05, 0.1) is 23.5 Å². The van der Waals surface area contributed by atoms with Gasteiger partial charge in [-0.15, -0.1) is 22.7 Å². The highest BCUT2D eigenvalue weighted by molar-refractivity contribution is 7.14. The molecule has 4 heterocycles. The molecular formula is C30H32N6O2S2. The van der Waals surface area contributed by atoms with Crippen LogP contribution in [0.15, 0.2) is 24.3 Å². The van der Waals surface area contributed by atoms with E-state index in [9.17, 15) is 9.59 Å². The largest absolute Gasteiger partial charge is 0.364 e. The molecule has 2 aromatic heterocycles. The SMILES string of the molecule is Cc1ccc(-c2ccc(C)c(C3NCCc4nc(C(N)=O)sc43)c2C)c(C)c1C1NCCc2nc(C(N)=O)sc21. The first kappa shape index (κ1) is 26.8. The van der Waals surface area contributed by atoms with Crippen LogP contribution in [0.1, 0.15) is 86.2 Å². The highest BCUT2D eigenvalue weighted by Crippen LogP contribution is 2.42. The Bertz CT molecular complexity index is 1560. The lowest BCUT2D eigenvalue weighted by molar-refractivity contribution is 0.0991. The molecular weight excluding hydrogens is 541 g/mol. The highest BCUT2D eigenvalue weighted by Gasteiger charge is 2.32. The molecule has 6 rings (SSSR count). The lowest BCUT2D eigenvalue weighted by atomic mass is 9.83. The quantitative estimate of drug-likeness (QED) is 0.283. The van der Waals surface area contributed by atoms with E-state index >= 15 is 0 Å². The fourth-order valence-corrected chi connectivity index (χ4v) is 8.37.